The molecule has 2 aromatic carbocycles. The van der Waals surface area contributed by atoms with Gasteiger partial charge in [-0.1, -0.05) is 0 Å². The quantitative estimate of drug-likeness (QED) is 0.710. The first-order chi connectivity index (χ1) is 13.3. The molecule has 0 saturated carbocycles. The number of esters is 1. The van der Waals surface area contributed by atoms with Crippen molar-refractivity contribution in [2.24, 2.45) is 0 Å². The van der Waals surface area contributed by atoms with Gasteiger partial charge in [-0.05, 0) is 49.4 Å². The van der Waals surface area contributed by atoms with E-state index < -0.39 is 18.0 Å². The summed E-state index contributed by atoms with van der Waals surface area (Å²) in [5.41, 5.74) is 1.26. The molecular formula is C20H22N2O6. The predicted molar refractivity (Wildman–Crippen MR) is 104 cm³/mol. The minimum Gasteiger partial charge on any atom is -0.497 e. The van der Waals surface area contributed by atoms with Crippen LogP contribution >= 0.6 is 0 Å². The number of carbonyl (C=O) groups is 3. The van der Waals surface area contributed by atoms with Crippen molar-refractivity contribution in [1.29, 1.82) is 0 Å². The Morgan fingerprint density at radius 1 is 0.893 bits per heavy atom. The highest BCUT2D eigenvalue weighted by Crippen LogP contribution is 2.25. The number of anilines is 2. The Labute approximate surface area is 162 Å². The summed E-state index contributed by atoms with van der Waals surface area (Å²) in [6, 6.07) is 11.3. The Morgan fingerprint density at radius 2 is 1.50 bits per heavy atom. The highest BCUT2D eigenvalue weighted by Gasteiger charge is 2.22. The largest absolute Gasteiger partial charge is 0.497 e. The molecule has 0 aliphatic rings. The van der Waals surface area contributed by atoms with E-state index in [1.807, 2.05) is 0 Å². The first-order valence-electron chi connectivity index (χ1n) is 8.45. The molecule has 2 aromatic rings. The Balaban J connectivity index is 2.02. The van der Waals surface area contributed by atoms with E-state index in [1.54, 1.807) is 36.4 Å². The van der Waals surface area contributed by atoms with E-state index in [2.05, 4.69) is 10.6 Å². The minimum atomic E-state index is -1.04. The fraction of sp³-hybridized carbons (Fsp3) is 0.250. The third-order valence-corrected chi connectivity index (χ3v) is 3.75. The smallest absolute Gasteiger partial charge is 0.342 e. The summed E-state index contributed by atoms with van der Waals surface area (Å²) >= 11 is 0. The third-order valence-electron chi connectivity index (χ3n) is 3.75. The number of amides is 2. The van der Waals surface area contributed by atoms with E-state index in [0.717, 1.165) is 0 Å². The second-order valence-electron chi connectivity index (χ2n) is 5.86. The van der Waals surface area contributed by atoms with Crippen LogP contribution in [-0.2, 0) is 14.3 Å². The molecule has 0 heterocycles. The van der Waals surface area contributed by atoms with Crippen molar-refractivity contribution in [3.05, 3.63) is 48.0 Å². The van der Waals surface area contributed by atoms with Gasteiger partial charge in [-0.25, -0.2) is 4.79 Å². The molecule has 0 aliphatic carbocycles. The van der Waals surface area contributed by atoms with Crippen molar-refractivity contribution in [3.8, 4) is 11.5 Å². The highest BCUT2D eigenvalue weighted by atomic mass is 16.5. The van der Waals surface area contributed by atoms with Gasteiger partial charge in [0.25, 0.3) is 5.91 Å². The number of carbonyl (C=O) groups excluding carboxylic acids is 3. The maximum Gasteiger partial charge on any atom is 0.342 e. The maximum absolute atomic E-state index is 12.4. The van der Waals surface area contributed by atoms with Gasteiger partial charge in [-0.15, -0.1) is 0 Å². The lowest BCUT2D eigenvalue weighted by atomic mass is 10.2. The lowest BCUT2D eigenvalue weighted by Gasteiger charge is -2.15. The number of ether oxygens (including phenoxy) is 3. The molecule has 8 nitrogen and oxygen atoms in total. The average Bonchev–Trinajstić information content (AvgIpc) is 2.68. The van der Waals surface area contributed by atoms with Crippen molar-refractivity contribution < 1.29 is 28.6 Å². The zero-order chi connectivity index (χ0) is 20.7. The summed E-state index contributed by atoms with van der Waals surface area (Å²) in [7, 11) is 2.91. The highest BCUT2D eigenvalue weighted by molar-refractivity contribution is 5.98. The molecule has 2 amide bonds. The second-order valence-corrected chi connectivity index (χ2v) is 5.86. The maximum atomic E-state index is 12.4. The Bertz CT molecular complexity index is 863. The molecule has 0 bridgehead atoms. The second kappa shape index (κ2) is 9.40. The van der Waals surface area contributed by atoms with Crippen LogP contribution < -0.4 is 20.1 Å². The molecule has 2 rings (SSSR count). The van der Waals surface area contributed by atoms with Gasteiger partial charge in [0.05, 0.1) is 14.2 Å². The van der Waals surface area contributed by atoms with Crippen LogP contribution in [0.2, 0.25) is 0 Å². The Hall–Kier alpha value is -3.55. The van der Waals surface area contributed by atoms with E-state index in [-0.39, 0.29) is 11.5 Å². The molecule has 0 unspecified atom stereocenters. The van der Waals surface area contributed by atoms with E-state index in [1.165, 1.54) is 34.1 Å². The zero-order valence-corrected chi connectivity index (χ0v) is 16.1. The van der Waals surface area contributed by atoms with Crippen LogP contribution in [0.3, 0.4) is 0 Å². The van der Waals surface area contributed by atoms with Gasteiger partial charge < -0.3 is 24.8 Å². The van der Waals surface area contributed by atoms with Crippen molar-refractivity contribution in [2.45, 2.75) is 20.0 Å². The molecule has 1 atom stereocenters. The first-order valence-corrected chi connectivity index (χ1v) is 8.45. The Kier molecular flexibility index (Phi) is 6.97. The molecule has 8 heteroatoms. The summed E-state index contributed by atoms with van der Waals surface area (Å²) in [5.74, 6) is -0.622. The monoisotopic (exact) mass is 386 g/mol. The first kappa shape index (κ1) is 20.8. The third kappa shape index (κ3) is 5.47. The molecule has 148 valence electrons. The summed E-state index contributed by atoms with van der Waals surface area (Å²) in [6.07, 6.45) is -1.04. The molecule has 2 N–H and O–H groups in total. The van der Waals surface area contributed by atoms with Crippen molar-refractivity contribution in [1.82, 2.24) is 0 Å². The van der Waals surface area contributed by atoms with Gasteiger partial charge in [-0.2, -0.15) is 0 Å². The van der Waals surface area contributed by atoms with Crippen molar-refractivity contribution in [3.63, 3.8) is 0 Å². The minimum absolute atomic E-state index is 0.154. The van der Waals surface area contributed by atoms with E-state index >= 15 is 0 Å². The summed E-state index contributed by atoms with van der Waals surface area (Å²) in [5, 5.41) is 5.27. The normalized spacial score (nSPS) is 11.1. The van der Waals surface area contributed by atoms with Crippen LogP contribution in [0.4, 0.5) is 11.4 Å². The fourth-order valence-electron chi connectivity index (χ4n) is 2.34. The average molecular weight is 386 g/mol. The van der Waals surface area contributed by atoms with Gasteiger partial charge in [0.15, 0.2) is 6.10 Å². The molecule has 0 spiro atoms. The molecule has 0 aromatic heterocycles. The fourth-order valence-corrected chi connectivity index (χ4v) is 2.34. The van der Waals surface area contributed by atoms with Crippen LogP contribution in [0.25, 0.3) is 0 Å². The van der Waals surface area contributed by atoms with Gasteiger partial charge >= 0.3 is 5.97 Å². The van der Waals surface area contributed by atoms with Gasteiger partial charge in [0.2, 0.25) is 5.91 Å². The van der Waals surface area contributed by atoms with Crippen LogP contribution in [0, 0.1) is 0 Å². The SMILES string of the molecule is COc1ccc(OC)c(C(=O)O[C@@H](C)C(=O)Nc2ccc(NC(C)=O)cc2)c1. The molecule has 0 saturated heterocycles. The van der Waals surface area contributed by atoms with Crippen LogP contribution in [0.1, 0.15) is 24.2 Å². The van der Waals surface area contributed by atoms with Gasteiger partial charge in [0, 0.05) is 18.3 Å². The lowest BCUT2D eigenvalue weighted by Crippen LogP contribution is -2.30. The standard InChI is InChI=1S/C20H22N2O6/c1-12(19(24)22-15-7-5-14(6-8-15)21-13(2)23)28-20(25)17-11-16(26-3)9-10-18(17)27-4/h5-12H,1-4H3,(H,21,23)(H,22,24)/t12-/m0/s1. The van der Waals surface area contributed by atoms with E-state index in [9.17, 15) is 14.4 Å². The van der Waals surface area contributed by atoms with E-state index in [0.29, 0.717) is 22.9 Å². The molecule has 28 heavy (non-hydrogen) atoms. The zero-order valence-electron chi connectivity index (χ0n) is 16.1. The number of methoxy groups -OCH3 is 2. The number of hydrogen-bond donors (Lipinski definition) is 2. The lowest BCUT2D eigenvalue weighted by molar-refractivity contribution is -0.123. The Morgan fingerprint density at radius 3 is 2.04 bits per heavy atom. The van der Waals surface area contributed by atoms with Crippen molar-refractivity contribution >= 4 is 29.2 Å². The molecule has 0 fully saturated rings. The molecule has 0 radical (unpaired) electrons. The number of hydrogen-bond acceptors (Lipinski definition) is 6. The number of benzene rings is 2. The summed E-state index contributed by atoms with van der Waals surface area (Å²) in [6.45, 7) is 2.87. The summed E-state index contributed by atoms with van der Waals surface area (Å²) < 4.78 is 15.5. The topological polar surface area (TPSA) is 103 Å². The van der Waals surface area contributed by atoms with E-state index in [4.69, 9.17) is 14.2 Å². The number of nitrogens with one attached hydrogen (secondary N) is 2. The van der Waals surface area contributed by atoms with Crippen molar-refractivity contribution in [2.75, 3.05) is 24.9 Å². The molecule has 0 aliphatic heterocycles. The van der Waals surface area contributed by atoms with Gasteiger partial charge in [0.1, 0.15) is 17.1 Å². The molecular weight excluding hydrogens is 364 g/mol. The summed E-state index contributed by atoms with van der Waals surface area (Å²) in [4.78, 5) is 35.8. The number of rotatable bonds is 7. The van der Waals surface area contributed by atoms with Crippen LogP contribution in [0.15, 0.2) is 42.5 Å². The van der Waals surface area contributed by atoms with Crippen LogP contribution in [0.5, 0.6) is 11.5 Å². The van der Waals surface area contributed by atoms with Gasteiger partial charge in [-0.3, -0.25) is 9.59 Å². The predicted octanol–water partition coefficient (Wildman–Crippen LogP) is 2.85. The van der Waals surface area contributed by atoms with Crippen LogP contribution in [-0.4, -0.2) is 38.1 Å².